The van der Waals surface area contributed by atoms with Crippen LogP contribution in [0, 0.1) is 0 Å². The number of aryl methyl sites for hydroxylation is 1. The molecule has 2 nitrogen and oxygen atoms in total. The third kappa shape index (κ3) is 2.81. The first kappa shape index (κ1) is 13.3. The number of ether oxygens (including phenoxy) is 1. The predicted molar refractivity (Wildman–Crippen MR) is 73.0 cm³/mol. The number of ketones is 1. The molecule has 0 spiro atoms. The maximum Gasteiger partial charge on any atom is 0.165 e. The Morgan fingerprint density at radius 2 is 2.17 bits per heavy atom. The van der Waals surface area contributed by atoms with E-state index in [1.54, 1.807) is 7.11 Å². The zero-order valence-electron chi connectivity index (χ0n) is 11.4. The van der Waals surface area contributed by atoms with E-state index in [2.05, 4.69) is 13.0 Å². The second kappa shape index (κ2) is 5.66. The summed E-state index contributed by atoms with van der Waals surface area (Å²) < 4.78 is 5.52. The third-order valence-electron chi connectivity index (χ3n) is 3.97. The molecular weight excluding hydrogens is 224 g/mol. The maximum absolute atomic E-state index is 12.3. The molecule has 1 aliphatic carbocycles. The lowest BCUT2D eigenvalue weighted by atomic mass is 9.75. The van der Waals surface area contributed by atoms with E-state index < -0.39 is 0 Å². The third-order valence-corrected chi connectivity index (χ3v) is 3.97. The lowest BCUT2D eigenvalue weighted by molar-refractivity contribution is -0.0704. The molecule has 18 heavy (non-hydrogen) atoms. The van der Waals surface area contributed by atoms with Gasteiger partial charge in [-0.2, -0.15) is 0 Å². The summed E-state index contributed by atoms with van der Waals surface area (Å²) in [6, 6.07) is 8.03. The second-order valence-corrected chi connectivity index (χ2v) is 5.29. The fraction of sp³-hybridized carbons (Fsp3) is 0.562. The van der Waals surface area contributed by atoms with Crippen LogP contribution in [0.4, 0.5) is 0 Å². The SMILES string of the molecule is CCCc1cccc(C(=O)CC2(OC)CCC2)c1. The minimum absolute atomic E-state index is 0.169. The first-order valence-electron chi connectivity index (χ1n) is 6.86. The average Bonchev–Trinajstić information content (AvgIpc) is 2.34. The highest BCUT2D eigenvalue weighted by atomic mass is 16.5. The summed E-state index contributed by atoms with van der Waals surface area (Å²) in [5.74, 6) is 0.217. The molecule has 1 fully saturated rings. The van der Waals surface area contributed by atoms with Crippen molar-refractivity contribution in [1.29, 1.82) is 0 Å². The van der Waals surface area contributed by atoms with Crippen LogP contribution in [0.1, 0.15) is 54.9 Å². The Morgan fingerprint density at radius 3 is 2.72 bits per heavy atom. The molecule has 0 saturated heterocycles. The van der Waals surface area contributed by atoms with Crippen LogP contribution in [0.3, 0.4) is 0 Å². The normalized spacial score (nSPS) is 17.2. The van der Waals surface area contributed by atoms with Gasteiger partial charge in [-0.25, -0.2) is 0 Å². The number of benzene rings is 1. The number of carbonyl (C=O) groups is 1. The smallest absolute Gasteiger partial charge is 0.165 e. The van der Waals surface area contributed by atoms with Crippen LogP contribution in [0.2, 0.25) is 0 Å². The topological polar surface area (TPSA) is 26.3 Å². The summed E-state index contributed by atoms with van der Waals surface area (Å²) in [4.78, 5) is 12.3. The molecule has 0 N–H and O–H groups in total. The van der Waals surface area contributed by atoms with Gasteiger partial charge in [-0.3, -0.25) is 4.79 Å². The van der Waals surface area contributed by atoms with Gasteiger partial charge in [0.05, 0.1) is 5.60 Å². The van der Waals surface area contributed by atoms with Crippen molar-refractivity contribution in [3.63, 3.8) is 0 Å². The molecule has 1 aliphatic rings. The van der Waals surface area contributed by atoms with Gasteiger partial charge in [0.25, 0.3) is 0 Å². The Balaban J connectivity index is 2.06. The van der Waals surface area contributed by atoms with Crippen LogP contribution in [0.5, 0.6) is 0 Å². The van der Waals surface area contributed by atoms with E-state index in [0.717, 1.165) is 31.2 Å². The lowest BCUT2D eigenvalue weighted by Crippen LogP contribution is -2.41. The van der Waals surface area contributed by atoms with Crippen molar-refractivity contribution >= 4 is 5.78 Å². The van der Waals surface area contributed by atoms with Gasteiger partial charge >= 0.3 is 0 Å². The van der Waals surface area contributed by atoms with E-state index in [0.29, 0.717) is 6.42 Å². The quantitative estimate of drug-likeness (QED) is 0.714. The van der Waals surface area contributed by atoms with E-state index in [-0.39, 0.29) is 11.4 Å². The number of rotatable bonds is 6. The minimum Gasteiger partial charge on any atom is -0.378 e. The number of hydrogen-bond donors (Lipinski definition) is 0. The number of Topliss-reactive ketones (excluding diaryl/α,β-unsaturated/α-hetero) is 1. The number of hydrogen-bond acceptors (Lipinski definition) is 2. The molecule has 0 aromatic heterocycles. The molecule has 2 rings (SSSR count). The highest BCUT2D eigenvalue weighted by Crippen LogP contribution is 2.38. The van der Waals surface area contributed by atoms with Gasteiger partial charge in [-0.15, -0.1) is 0 Å². The first-order valence-corrected chi connectivity index (χ1v) is 6.86. The van der Waals surface area contributed by atoms with Gasteiger partial charge in [0.1, 0.15) is 0 Å². The monoisotopic (exact) mass is 246 g/mol. The molecule has 0 heterocycles. The van der Waals surface area contributed by atoms with Gasteiger partial charge in [0.2, 0.25) is 0 Å². The van der Waals surface area contributed by atoms with Crippen molar-refractivity contribution in [3.05, 3.63) is 35.4 Å². The van der Waals surface area contributed by atoms with Crippen molar-refractivity contribution in [2.24, 2.45) is 0 Å². The first-order chi connectivity index (χ1) is 8.69. The Labute approximate surface area is 109 Å². The van der Waals surface area contributed by atoms with E-state index in [4.69, 9.17) is 4.74 Å². The molecule has 1 aromatic carbocycles. The molecule has 1 saturated carbocycles. The van der Waals surface area contributed by atoms with E-state index in [1.807, 2.05) is 18.2 Å². The van der Waals surface area contributed by atoms with Gasteiger partial charge < -0.3 is 4.74 Å². The van der Waals surface area contributed by atoms with Crippen LogP contribution < -0.4 is 0 Å². The van der Waals surface area contributed by atoms with Gasteiger partial charge in [0, 0.05) is 19.1 Å². The van der Waals surface area contributed by atoms with E-state index in [9.17, 15) is 4.79 Å². The highest BCUT2D eigenvalue weighted by molar-refractivity contribution is 5.97. The molecule has 98 valence electrons. The standard InChI is InChI=1S/C16H22O2/c1-3-6-13-7-4-8-14(11-13)15(17)12-16(18-2)9-5-10-16/h4,7-8,11H,3,5-6,9-10,12H2,1-2H3. The number of carbonyl (C=O) groups excluding carboxylic acids is 1. The van der Waals surface area contributed by atoms with Gasteiger partial charge in [-0.1, -0.05) is 31.5 Å². The summed E-state index contributed by atoms with van der Waals surface area (Å²) >= 11 is 0. The summed E-state index contributed by atoms with van der Waals surface area (Å²) in [6.07, 6.45) is 5.89. The molecular formula is C16H22O2. The molecule has 2 heteroatoms. The largest absolute Gasteiger partial charge is 0.378 e. The van der Waals surface area contributed by atoms with Crippen LogP contribution in [-0.4, -0.2) is 18.5 Å². The Kier molecular flexibility index (Phi) is 4.18. The number of methoxy groups -OCH3 is 1. The fourth-order valence-electron chi connectivity index (χ4n) is 2.61. The predicted octanol–water partition coefficient (Wildman–Crippen LogP) is 3.78. The second-order valence-electron chi connectivity index (χ2n) is 5.29. The molecule has 0 bridgehead atoms. The van der Waals surface area contributed by atoms with Crippen molar-refractivity contribution in [3.8, 4) is 0 Å². The summed E-state index contributed by atoms with van der Waals surface area (Å²) in [5.41, 5.74) is 1.92. The van der Waals surface area contributed by atoms with Crippen molar-refractivity contribution in [2.75, 3.05) is 7.11 Å². The molecule has 0 amide bonds. The Bertz CT molecular complexity index is 413. The van der Waals surface area contributed by atoms with Crippen LogP contribution in [0.25, 0.3) is 0 Å². The molecule has 0 unspecified atom stereocenters. The van der Waals surface area contributed by atoms with E-state index >= 15 is 0 Å². The zero-order chi connectivity index (χ0) is 13.0. The minimum atomic E-state index is -0.169. The molecule has 0 aliphatic heterocycles. The van der Waals surface area contributed by atoms with Gasteiger partial charge in [0.15, 0.2) is 5.78 Å². The Hall–Kier alpha value is -1.15. The Morgan fingerprint density at radius 1 is 1.39 bits per heavy atom. The highest BCUT2D eigenvalue weighted by Gasteiger charge is 2.39. The van der Waals surface area contributed by atoms with Crippen molar-refractivity contribution in [1.82, 2.24) is 0 Å². The maximum atomic E-state index is 12.3. The summed E-state index contributed by atoms with van der Waals surface area (Å²) in [7, 11) is 1.72. The average molecular weight is 246 g/mol. The molecule has 0 atom stereocenters. The zero-order valence-corrected chi connectivity index (χ0v) is 11.4. The summed E-state index contributed by atoms with van der Waals surface area (Å²) in [5, 5.41) is 0. The van der Waals surface area contributed by atoms with Crippen molar-refractivity contribution in [2.45, 2.75) is 51.0 Å². The van der Waals surface area contributed by atoms with Crippen molar-refractivity contribution < 1.29 is 9.53 Å². The molecule has 0 radical (unpaired) electrons. The van der Waals surface area contributed by atoms with Crippen LogP contribution in [0.15, 0.2) is 24.3 Å². The van der Waals surface area contributed by atoms with Gasteiger partial charge in [-0.05, 0) is 37.3 Å². The fourth-order valence-corrected chi connectivity index (χ4v) is 2.61. The van der Waals surface area contributed by atoms with E-state index in [1.165, 1.54) is 12.0 Å². The summed E-state index contributed by atoms with van der Waals surface area (Å²) in [6.45, 7) is 2.16. The lowest BCUT2D eigenvalue weighted by Gasteiger charge is -2.40. The van der Waals surface area contributed by atoms with Crippen LogP contribution in [-0.2, 0) is 11.2 Å². The van der Waals surface area contributed by atoms with Crippen LogP contribution >= 0.6 is 0 Å². The molecule has 1 aromatic rings.